The van der Waals surface area contributed by atoms with Gasteiger partial charge in [0, 0.05) is 6.54 Å². The molecule has 2 aromatic carbocycles. The predicted molar refractivity (Wildman–Crippen MR) is 167 cm³/mol. The van der Waals surface area contributed by atoms with E-state index in [9.17, 15) is 14.4 Å². The van der Waals surface area contributed by atoms with Gasteiger partial charge in [0.25, 0.3) is 5.91 Å². The van der Waals surface area contributed by atoms with E-state index in [1.807, 2.05) is 65.0 Å². The molecule has 0 spiro atoms. The number of anilines is 1. The summed E-state index contributed by atoms with van der Waals surface area (Å²) in [5.41, 5.74) is 3.28. The average molecular weight is 586 g/mol. The fraction of sp³-hybridized carbons (Fsp3) is 0.545. The second-order valence-corrected chi connectivity index (χ2v) is 12.5. The van der Waals surface area contributed by atoms with Crippen LogP contribution >= 0.6 is 11.6 Å². The number of unbranched alkanes of at least 4 members (excludes halogenated alkanes) is 3. The molecule has 0 fully saturated rings. The van der Waals surface area contributed by atoms with Gasteiger partial charge in [-0.05, 0) is 82.2 Å². The molecule has 0 saturated heterocycles. The number of carbonyl (C=O) groups excluding carboxylic acids is 3. The highest BCUT2D eigenvalue weighted by Gasteiger charge is 2.38. The molecule has 0 radical (unpaired) electrons. The summed E-state index contributed by atoms with van der Waals surface area (Å²) in [6.07, 6.45) is 3.02. The highest BCUT2D eigenvalue weighted by atomic mass is 35.5. The van der Waals surface area contributed by atoms with E-state index < -0.39 is 23.8 Å². The molecule has 0 heterocycles. The van der Waals surface area contributed by atoms with Crippen LogP contribution in [0.5, 0.6) is 0 Å². The second-order valence-electron chi connectivity index (χ2n) is 12.1. The van der Waals surface area contributed by atoms with Crippen LogP contribution in [0, 0.1) is 26.7 Å². The molecule has 2 atom stereocenters. The van der Waals surface area contributed by atoms with Crippen molar-refractivity contribution in [2.24, 2.45) is 5.92 Å². The lowest BCUT2D eigenvalue weighted by molar-refractivity contribution is -0.141. The zero-order valence-corrected chi connectivity index (χ0v) is 26.9. The Morgan fingerprint density at radius 3 is 2.17 bits per heavy atom. The monoisotopic (exact) mass is 585 g/mol. The molecule has 0 aliphatic heterocycles. The first kappa shape index (κ1) is 34.1. The van der Waals surface area contributed by atoms with E-state index in [1.165, 1.54) is 0 Å². The maximum Gasteiger partial charge on any atom is 0.408 e. The van der Waals surface area contributed by atoms with Crippen molar-refractivity contribution in [2.75, 3.05) is 11.9 Å². The number of nitrogens with zero attached hydrogens (tertiary/aromatic N) is 1. The third-order valence-corrected chi connectivity index (χ3v) is 7.43. The zero-order valence-electron chi connectivity index (χ0n) is 26.2. The van der Waals surface area contributed by atoms with Gasteiger partial charge in [0.2, 0.25) is 5.91 Å². The number of rotatable bonds is 12. The van der Waals surface area contributed by atoms with Gasteiger partial charge < -0.3 is 20.3 Å². The van der Waals surface area contributed by atoms with Gasteiger partial charge in [0.05, 0.1) is 10.7 Å². The number of ether oxygens (including phenoxy) is 1. The number of nitrogens with one attached hydrogen (secondary N) is 2. The molecule has 8 heteroatoms. The quantitative estimate of drug-likeness (QED) is 0.248. The Hall–Kier alpha value is -3.06. The molecule has 2 aromatic rings. The van der Waals surface area contributed by atoms with Crippen molar-refractivity contribution in [3.05, 3.63) is 63.7 Å². The number of halogens is 1. The molecule has 0 aliphatic rings. The van der Waals surface area contributed by atoms with Crippen molar-refractivity contribution < 1.29 is 19.1 Å². The van der Waals surface area contributed by atoms with Crippen molar-refractivity contribution in [1.29, 1.82) is 0 Å². The molecular formula is C33H48ClN3O4. The maximum atomic E-state index is 14.4. The van der Waals surface area contributed by atoms with Crippen LogP contribution in [0.1, 0.15) is 95.5 Å². The fourth-order valence-corrected chi connectivity index (χ4v) is 4.97. The van der Waals surface area contributed by atoms with Crippen LogP contribution in [0.3, 0.4) is 0 Å². The molecule has 3 amide bonds. The molecule has 226 valence electrons. The van der Waals surface area contributed by atoms with Gasteiger partial charge in [-0.3, -0.25) is 9.59 Å². The van der Waals surface area contributed by atoms with Crippen LogP contribution in [0.2, 0.25) is 5.02 Å². The molecule has 2 unspecified atom stereocenters. The number of hydrogen-bond acceptors (Lipinski definition) is 4. The minimum Gasteiger partial charge on any atom is -0.444 e. The summed E-state index contributed by atoms with van der Waals surface area (Å²) in [6.45, 7) is 17.4. The average Bonchev–Trinajstić information content (AvgIpc) is 2.87. The van der Waals surface area contributed by atoms with E-state index in [0.717, 1.165) is 47.9 Å². The Morgan fingerprint density at radius 1 is 0.951 bits per heavy atom. The van der Waals surface area contributed by atoms with Gasteiger partial charge in [0.15, 0.2) is 0 Å². The summed E-state index contributed by atoms with van der Waals surface area (Å²) in [4.78, 5) is 43.1. The van der Waals surface area contributed by atoms with Crippen LogP contribution in [0.25, 0.3) is 0 Å². The number of alkyl carbamates (subject to hydrolysis) is 1. The molecule has 41 heavy (non-hydrogen) atoms. The molecule has 0 saturated carbocycles. The normalized spacial score (nSPS) is 13.0. The number of amides is 3. The van der Waals surface area contributed by atoms with Crippen LogP contribution < -0.4 is 10.6 Å². The minimum atomic E-state index is -0.943. The van der Waals surface area contributed by atoms with E-state index in [4.69, 9.17) is 16.3 Å². The van der Waals surface area contributed by atoms with Crippen LogP contribution in [0.15, 0.2) is 36.4 Å². The zero-order chi connectivity index (χ0) is 30.9. The standard InChI is InChI=1S/C33H48ClN3O4/c1-10-11-12-13-20-37(31(39)27(21(2)3)36-32(40)41-33(7,8)9)29(25-18-14-16-22(4)24(25)6)30(38)35-28-23(5)17-15-19-26(28)34/h14-19,21,27,29H,10-13,20H2,1-9H3,(H,35,38)(H,36,40). The van der Waals surface area contributed by atoms with Crippen molar-refractivity contribution in [3.63, 3.8) is 0 Å². The van der Waals surface area contributed by atoms with Crippen molar-refractivity contribution in [1.82, 2.24) is 10.2 Å². The van der Waals surface area contributed by atoms with Gasteiger partial charge in [-0.1, -0.05) is 82.0 Å². The molecular weight excluding hydrogens is 538 g/mol. The lowest BCUT2D eigenvalue weighted by Gasteiger charge is -2.36. The lowest BCUT2D eigenvalue weighted by atomic mass is 9.93. The third kappa shape index (κ3) is 9.77. The SMILES string of the molecule is CCCCCCN(C(=O)C(NC(=O)OC(C)(C)C)C(C)C)C(C(=O)Nc1c(C)cccc1Cl)c1cccc(C)c1C. The van der Waals surface area contributed by atoms with Gasteiger partial charge >= 0.3 is 6.09 Å². The first-order valence-electron chi connectivity index (χ1n) is 14.6. The topological polar surface area (TPSA) is 87.7 Å². The van der Waals surface area contributed by atoms with E-state index >= 15 is 0 Å². The maximum absolute atomic E-state index is 14.4. The van der Waals surface area contributed by atoms with Crippen LogP contribution in [-0.4, -0.2) is 41.0 Å². The van der Waals surface area contributed by atoms with Gasteiger partial charge in [-0.15, -0.1) is 0 Å². The molecule has 2 N–H and O–H groups in total. The van der Waals surface area contributed by atoms with Gasteiger partial charge in [-0.25, -0.2) is 4.79 Å². The summed E-state index contributed by atoms with van der Waals surface area (Å²) in [5, 5.41) is 6.23. The van der Waals surface area contributed by atoms with Crippen LogP contribution in [0.4, 0.5) is 10.5 Å². The molecule has 0 aromatic heterocycles. The minimum absolute atomic E-state index is 0.249. The smallest absolute Gasteiger partial charge is 0.408 e. The van der Waals surface area contributed by atoms with Crippen molar-refractivity contribution in [2.45, 2.75) is 106 Å². The number of aryl methyl sites for hydroxylation is 2. The largest absolute Gasteiger partial charge is 0.444 e. The van der Waals surface area contributed by atoms with E-state index in [0.29, 0.717) is 17.3 Å². The molecule has 0 aliphatic carbocycles. The highest BCUT2D eigenvalue weighted by molar-refractivity contribution is 6.34. The number of para-hydroxylation sites is 1. The Bertz CT molecular complexity index is 1190. The Labute approximate surface area is 251 Å². The summed E-state index contributed by atoms with van der Waals surface area (Å²) < 4.78 is 5.48. The lowest BCUT2D eigenvalue weighted by Crippen LogP contribution is -2.54. The summed E-state index contributed by atoms with van der Waals surface area (Å²) in [7, 11) is 0. The fourth-order valence-electron chi connectivity index (χ4n) is 4.70. The summed E-state index contributed by atoms with van der Waals surface area (Å²) in [6, 6.07) is 9.38. The summed E-state index contributed by atoms with van der Waals surface area (Å²) >= 11 is 6.49. The Morgan fingerprint density at radius 2 is 1.59 bits per heavy atom. The highest BCUT2D eigenvalue weighted by Crippen LogP contribution is 2.32. The Kier molecular flexibility index (Phi) is 12.7. The van der Waals surface area contributed by atoms with Crippen molar-refractivity contribution in [3.8, 4) is 0 Å². The molecule has 7 nitrogen and oxygen atoms in total. The van der Waals surface area contributed by atoms with Gasteiger partial charge in [-0.2, -0.15) is 0 Å². The predicted octanol–water partition coefficient (Wildman–Crippen LogP) is 7.90. The first-order valence-corrected chi connectivity index (χ1v) is 15.0. The second kappa shape index (κ2) is 15.2. The number of hydrogen-bond donors (Lipinski definition) is 2. The molecule has 2 rings (SSSR count). The van der Waals surface area contributed by atoms with Gasteiger partial charge in [0.1, 0.15) is 17.7 Å². The number of carbonyl (C=O) groups is 3. The molecule has 0 bridgehead atoms. The van der Waals surface area contributed by atoms with Crippen LogP contribution in [-0.2, 0) is 14.3 Å². The van der Waals surface area contributed by atoms with E-state index in [1.54, 1.807) is 31.7 Å². The van der Waals surface area contributed by atoms with E-state index in [2.05, 4.69) is 17.6 Å². The van der Waals surface area contributed by atoms with Crippen molar-refractivity contribution >= 4 is 35.2 Å². The Balaban J connectivity index is 2.63. The number of benzene rings is 2. The third-order valence-electron chi connectivity index (χ3n) is 7.11. The summed E-state index contributed by atoms with van der Waals surface area (Å²) in [5.74, 6) is -0.945. The first-order chi connectivity index (χ1) is 19.2. The van der Waals surface area contributed by atoms with E-state index in [-0.39, 0.29) is 17.7 Å².